The normalized spacial score (nSPS) is 14.7. The molecular formula is C20H22N2O4. The largest absolute Gasteiger partial charge is 0.484 e. The van der Waals surface area contributed by atoms with Gasteiger partial charge in [0.05, 0.1) is 0 Å². The molecular weight excluding hydrogens is 332 g/mol. The summed E-state index contributed by atoms with van der Waals surface area (Å²) in [6.07, 6.45) is 1.24. The highest BCUT2D eigenvalue weighted by Crippen LogP contribution is 2.23. The second-order valence-electron chi connectivity index (χ2n) is 6.23. The summed E-state index contributed by atoms with van der Waals surface area (Å²) in [7, 11) is 0. The van der Waals surface area contributed by atoms with Crippen molar-refractivity contribution < 1.29 is 19.1 Å². The monoisotopic (exact) mass is 354 g/mol. The fraction of sp³-hybridized carbons (Fsp3) is 0.300. The van der Waals surface area contributed by atoms with Gasteiger partial charge < -0.3 is 20.1 Å². The molecule has 2 aromatic carbocycles. The smallest absolute Gasteiger partial charge is 0.260 e. The highest BCUT2D eigenvalue weighted by Gasteiger charge is 2.25. The van der Waals surface area contributed by atoms with Crippen molar-refractivity contribution in [3.63, 3.8) is 0 Å². The highest BCUT2D eigenvalue weighted by molar-refractivity contribution is 5.79. The fourth-order valence-electron chi connectivity index (χ4n) is 2.88. The standard InChI is InChI=1S/C20H22N2O4/c21-20(24)15-10-12-22(13-11-15)19(23)14-25-16-6-8-18(9-7-16)26-17-4-2-1-3-5-17/h1-9,15H,10-14H2,(H2,21,24). The Kier molecular flexibility index (Phi) is 5.73. The van der Waals surface area contributed by atoms with E-state index in [2.05, 4.69) is 0 Å². The van der Waals surface area contributed by atoms with E-state index in [9.17, 15) is 9.59 Å². The van der Waals surface area contributed by atoms with E-state index >= 15 is 0 Å². The number of primary amides is 1. The lowest BCUT2D eigenvalue weighted by atomic mass is 9.96. The quantitative estimate of drug-likeness (QED) is 0.864. The van der Waals surface area contributed by atoms with Crippen LogP contribution in [0.3, 0.4) is 0 Å². The SMILES string of the molecule is NC(=O)C1CCN(C(=O)COc2ccc(Oc3ccccc3)cc2)CC1. The zero-order valence-corrected chi connectivity index (χ0v) is 14.5. The Morgan fingerprint density at radius 1 is 0.923 bits per heavy atom. The van der Waals surface area contributed by atoms with E-state index in [1.807, 2.05) is 30.3 Å². The van der Waals surface area contributed by atoms with Crippen molar-refractivity contribution in [1.29, 1.82) is 0 Å². The van der Waals surface area contributed by atoms with Gasteiger partial charge in [-0.15, -0.1) is 0 Å². The Labute approximate surface area is 152 Å². The van der Waals surface area contributed by atoms with Gasteiger partial charge in [0.1, 0.15) is 17.2 Å². The molecule has 2 N–H and O–H groups in total. The second-order valence-corrected chi connectivity index (χ2v) is 6.23. The van der Waals surface area contributed by atoms with Gasteiger partial charge in [0.25, 0.3) is 5.91 Å². The van der Waals surface area contributed by atoms with Crippen molar-refractivity contribution in [2.45, 2.75) is 12.8 Å². The molecule has 0 atom stereocenters. The summed E-state index contributed by atoms with van der Waals surface area (Å²) in [5, 5.41) is 0. The third kappa shape index (κ3) is 4.75. The van der Waals surface area contributed by atoms with Crippen LogP contribution < -0.4 is 15.2 Å². The number of ether oxygens (including phenoxy) is 2. The van der Waals surface area contributed by atoms with Gasteiger partial charge in [0, 0.05) is 19.0 Å². The third-order valence-corrected chi connectivity index (χ3v) is 4.41. The third-order valence-electron chi connectivity index (χ3n) is 4.41. The lowest BCUT2D eigenvalue weighted by molar-refractivity contribution is -0.136. The fourth-order valence-corrected chi connectivity index (χ4v) is 2.88. The number of para-hydroxylation sites is 1. The first kappa shape index (κ1) is 17.8. The number of rotatable bonds is 6. The van der Waals surface area contributed by atoms with E-state index < -0.39 is 0 Å². The predicted octanol–water partition coefficient (Wildman–Crippen LogP) is 2.58. The van der Waals surface area contributed by atoms with E-state index in [0.717, 1.165) is 5.75 Å². The molecule has 1 aliphatic rings. The van der Waals surface area contributed by atoms with Crippen LogP contribution in [0.15, 0.2) is 54.6 Å². The Morgan fingerprint density at radius 2 is 1.50 bits per heavy atom. The number of carbonyl (C=O) groups excluding carboxylic acids is 2. The molecule has 6 nitrogen and oxygen atoms in total. The molecule has 0 radical (unpaired) electrons. The number of benzene rings is 2. The summed E-state index contributed by atoms with van der Waals surface area (Å²) in [6, 6.07) is 16.6. The van der Waals surface area contributed by atoms with Crippen molar-refractivity contribution in [3.8, 4) is 17.2 Å². The molecule has 0 aromatic heterocycles. The van der Waals surface area contributed by atoms with Gasteiger partial charge in [-0.1, -0.05) is 18.2 Å². The zero-order valence-electron chi connectivity index (χ0n) is 14.5. The average molecular weight is 354 g/mol. The number of nitrogens with two attached hydrogens (primary N) is 1. The van der Waals surface area contributed by atoms with E-state index in [1.54, 1.807) is 29.2 Å². The maximum atomic E-state index is 12.2. The molecule has 26 heavy (non-hydrogen) atoms. The van der Waals surface area contributed by atoms with Crippen molar-refractivity contribution in [1.82, 2.24) is 4.90 Å². The minimum Gasteiger partial charge on any atom is -0.484 e. The first-order valence-electron chi connectivity index (χ1n) is 8.64. The molecule has 2 aromatic rings. The van der Waals surface area contributed by atoms with Crippen molar-refractivity contribution in [2.75, 3.05) is 19.7 Å². The number of amides is 2. The molecule has 0 bridgehead atoms. The van der Waals surface area contributed by atoms with Crippen LogP contribution in [0.4, 0.5) is 0 Å². The summed E-state index contributed by atoms with van der Waals surface area (Å²) in [5.41, 5.74) is 5.31. The molecule has 2 amide bonds. The zero-order chi connectivity index (χ0) is 18.4. The second kappa shape index (κ2) is 8.38. The van der Waals surface area contributed by atoms with E-state index in [-0.39, 0.29) is 24.3 Å². The molecule has 1 fully saturated rings. The molecule has 6 heteroatoms. The lowest BCUT2D eigenvalue weighted by Crippen LogP contribution is -2.43. The van der Waals surface area contributed by atoms with Crippen LogP contribution in [-0.2, 0) is 9.59 Å². The molecule has 0 aliphatic carbocycles. The number of hydrogen-bond donors (Lipinski definition) is 1. The number of likely N-dealkylation sites (tertiary alicyclic amines) is 1. The van der Waals surface area contributed by atoms with Gasteiger partial charge in [0.15, 0.2) is 6.61 Å². The average Bonchev–Trinajstić information content (AvgIpc) is 2.68. The lowest BCUT2D eigenvalue weighted by Gasteiger charge is -2.30. The predicted molar refractivity (Wildman–Crippen MR) is 97.0 cm³/mol. The Balaban J connectivity index is 1.46. The summed E-state index contributed by atoms with van der Waals surface area (Å²) < 4.78 is 11.3. The van der Waals surface area contributed by atoms with Crippen molar-refractivity contribution in [3.05, 3.63) is 54.6 Å². The van der Waals surface area contributed by atoms with Crippen LogP contribution in [0.1, 0.15) is 12.8 Å². The number of nitrogens with zero attached hydrogens (tertiary/aromatic N) is 1. The molecule has 3 rings (SSSR count). The Morgan fingerprint density at radius 3 is 2.12 bits per heavy atom. The molecule has 0 spiro atoms. The van der Waals surface area contributed by atoms with Gasteiger partial charge in [-0.2, -0.15) is 0 Å². The summed E-state index contributed by atoms with van der Waals surface area (Å²) in [4.78, 5) is 25.1. The van der Waals surface area contributed by atoms with Gasteiger partial charge in [-0.05, 0) is 49.2 Å². The van der Waals surface area contributed by atoms with Gasteiger partial charge >= 0.3 is 0 Å². The van der Waals surface area contributed by atoms with Gasteiger partial charge in [0.2, 0.25) is 5.91 Å². The van der Waals surface area contributed by atoms with Crippen LogP contribution in [0.25, 0.3) is 0 Å². The van der Waals surface area contributed by atoms with Crippen LogP contribution in [0.5, 0.6) is 17.2 Å². The van der Waals surface area contributed by atoms with Crippen molar-refractivity contribution in [2.24, 2.45) is 11.7 Å². The van der Waals surface area contributed by atoms with Gasteiger partial charge in [-0.3, -0.25) is 9.59 Å². The van der Waals surface area contributed by atoms with Crippen molar-refractivity contribution >= 4 is 11.8 Å². The minimum absolute atomic E-state index is 0.0277. The first-order chi connectivity index (χ1) is 12.6. The summed E-state index contributed by atoms with van der Waals surface area (Å²) >= 11 is 0. The number of piperidine rings is 1. The van der Waals surface area contributed by atoms with E-state index in [0.29, 0.717) is 37.4 Å². The van der Waals surface area contributed by atoms with Gasteiger partial charge in [-0.25, -0.2) is 0 Å². The molecule has 1 saturated heterocycles. The summed E-state index contributed by atoms with van der Waals surface area (Å²) in [6.45, 7) is 1.05. The Bertz CT molecular complexity index is 738. The molecule has 1 heterocycles. The van der Waals surface area contributed by atoms with Crippen LogP contribution in [0.2, 0.25) is 0 Å². The molecule has 1 aliphatic heterocycles. The van der Waals surface area contributed by atoms with E-state index in [4.69, 9.17) is 15.2 Å². The van der Waals surface area contributed by atoms with Crippen LogP contribution in [0, 0.1) is 5.92 Å². The number of hydrogen-bond acceptors (Lipinski definition) is 4. The molecule has 0 unspecified atom stereocenters. The maximum absolute atomic E-state index is 12.2. The van der Waals surface area contributed by atoms with E-state index in [1.165, 1.54) is 0 Å². The number of carbonyl (C=O) groups is 2. The Hall–Kier alpha value is -3.02. The topological polar surface area (TPSA) is 81.9 Å². The van der Waals surface area contributed by atoms with Crippen LogP contribution >= 0.6 is 0 Å². The minimum atomic E-state index is -0.286. The maximum Gasteiger partial charge on any atom is 0.260 e. The first-order valence-corrected chi connectivity index (χ1v) is 8.64. The summed E-state index contributed by atoms with van der Waals surface area (Å²) in [5.74, 6) is 1.56. The highest BCUT2D eigenvalue weighted by atomic mass is 16.5. The molecule has 0 saturated carbocycles. The van der Waals surface area contributed by atoms with Crippen LogP contribution in [-0.4, -0.2) is 36.4 Å². The molecule has 136 valence electrons.